The Morgan fingerprint density at radius 1 is 1.10 bits per heavy atom. The number of phenolic OH excluding ortho intramolecular Hbond substituents is 1. The summed E-state index contributed by atoms with van der Waals surface area (Å²) in [7, 11) is 1.49. The molecule has 0 spiro atoms. The number of phenols is 1. The van der Waals surface area contributed by atoms with Crippen molar-refractivity contribution in [1.82, 2.24) is 19.8 Å². The first-order valence-corrected chi connectivity index (χ1v) is 9.77. The molecule has 4 rings (SSSR count). The first kappa shape index (κ1) is 19.3. The van der Waals surface area contributed by atoms with Gasteiger partial charge in [-0.15, -0.1) is 0 Å². The fourth-order valence-electron chi connectivity index (χ4n) is 3.72. The van der Waals surface area contributed by atoms with Gasteiger partial charge in [0.2, 0.25) is 5.95 Å². The number of methoxy groups -OCH3 is 1. The monoisotopic (exact) mass is 402 g/mol. The third-order valence-corrected chi connectivity index (χ3v) is 5.34. The number of morpholine rings is 1. The van der Waals surface area contributed by atoms with Crippen molar-refractivity contribution < 1.29 is 19.4 Å². The molecule has 29 heavy (non-hydrogen) atoms. The number of rotatable bonds is 2. The second-order valence-corrected chi connectivity index (χ2v) is 7.16. The average Bonchev–Trinajstić information content (AvgIpc) is 3.00. The molecule has 2 amide bonds. The summed E-state index contributed by atoms with van der Waals surface area (Å²) in [6.07, 6.45) is 0.816. The lowest BCUT2D eigenvalue weighted by molar-refractivity contribution is 0.0438. The fraction of sp³-hybridized carbons (Fsp3) is 0.526. The quantitative estimate of drug-likeness (QED) is 0.761. The average molecular weight is 402 g/mol. The largest absolute Gasteiger partial charge is 0.504 e. The van der Waals surface area contributed by atoms with Gasteiger partial charge in [0.15, 0.2) is 11.5 Å². The molecule has 2 aromatic rings. The molecule has 0 atom stereocenters. The Hall–Kier alpha value is -3.01. The maximum Gasteiger partial charge on any atom is 0.320 e. The molecule has 1 aromatic carbocycles. The number of ether oxygens (including phenoxy) is 2. The molecule has 0 aliphatic carbocycles. The summed E-state index contributed by atoms with van der Waals surface area (Å²) in [5.41, 5.74) is 6.73. The predicted octanol–water partition coefficient (Wildman–Crippen LogP) is 0.891. The normalized spacial score (nSPS) is 18.0. The van der Waals surface area contributed by atoms with Gasteiger partial charge in [-0.05, 0) is 12.5 Å². The minimum atomic E-state index is -0.00455. The van der Waals surface area contributed by atoms with Gasteiger partial charge in [-0.3, -0.25) is 0 Å². The number of aromatic hydroxyl groups is 1. The van der Waals surface area contributed by atoms with Crippen molar-refractivity contribution >= 4 is 28.7 Å². The number of amides is 2. The standard InChI is InChI=1S/C19H26N6O4/c1-28-16-12-14-13(11-15(16)26)17(20)22-18(21-14)23-3-2-4-24(6-5-23)19(27)25-7-9-29-10-8-25/h11-12,26H,2-10H2,1H3,(H2,20,21,22). The van der Waals surface area contributed by atoms with E-state index in [1.54, 1.807) is 6.07 Å². The van der Waals surface area contributed by atoms with Crippen LogP contribution in [0, 0.1) is 0 Å². The lowest BCUT2D eigenvalue weighted by Crippen LogP contribution is -2.49. The number of carbonyl (C=O) groups is 1. The maximum atomic E-state index is 12.8. The van der Waals surface area contributed by atoms with E-state index >= 15 is 0 Å². The summed E-state index contributed by atoms with van der Waals surface area (Å²) in [5.74, 6) is 1.15. The third-order valence-electron chi connectivity index (χ3n) is 5.34. The van der Waals surface area contributed by atoms with Gasteiger partial charge in [0, 0.05) is 50.7 Å². The van der Waals surface area contributed by atoms with Gasteiger partial charge < -0.3 is 35.0 Å². The molecule has 3 N–H and O–H groups in total. The number of aromatic nitrogens is 2. The third kappa shape index (κ3) is 3.93. The van der Waals surface area contributed by atoms with Crippen molar-refractivity contribution in [2.75, 3.05) is 70.2 Å². The van der Waals surface area contributed by atoms with Gasteiger partial charge in [-0.1, -0.05) is 0 Å². The Bertz CT molecular complexity index is 902. The maximum absolute atomic E-state index is 12.8. The van der Waals surface area contributed by atoms with Crippen LogP contribution in [0.2, 0.25) is 0 Å². The zero-order chi connectivity index (χ0) is 20.4. The van der Waals surface area contributed by atoms with Gasteiger partial charge >= 0.3 is 6.03 Å². The summed E-state index contributed by atoms with van der Waals surface area (Å²) < 4.78 is 10.5. The second kappa shape index (κ2) is 8.16. The van der Waals surface area contributed by atoms with E-state index in [9.17, 15) is 9.90 Å². The van der Waals surface area contributed by atoms with Crippen molar-refractivity contribution in [1.29, 1.82) is 0 Å². The molecule has 10 heteroatoms. The Kier molecular flexibility index (Phi) is 5.43. The zero-order valence-corrected chi connectivity index (χ0v) is 16.5. The molecular formula is C19H26N6O4. The van der Waals surface area contributed by atoms with E-state index in [0.717, 1.165) is 13.0 Å². The highest BCUT2D eigenvalue weighted by Gasteiger charge is 2.26. The van der Waals surface area contributed by atoms with E-state index in [1.165, 1.54) is 13.2 Å². The fourth-order valence-corrected chi connectivity index (χ4v) is 3.72. The van der Waals surface area contributed by atoms with Gasteiger partial charge in [0.05, 0.1) is 25.8 Å². The van der Waals surface area contributed by atoms with E-state index < -0.39 is 0 Å². The second-order valence-electron chi connectivity index (χ2n) is 7.16. The number of nitrogen functional groups attached to an aromatic ring is 1. The van der Waals surface area contributed by atoms with Crippen LogP contribution < -0.4 is 15.4 Å². The van der Waals surface area contributed by atoms with Gasteiger partial charge in [-0.25, -0.2) is 9.78 Å². The Labute approximate surface area is 168 Å². The van der Waals surface area contributed by atoms with E-state index in [4.69, 9.17) is 15.2 Å². The highest BCUT2D eigenvalue weighted by Crippen LogP contribution is 2.33. The number of anilines is 2. The van der Waals surface area contributed by atoms with Crippen LogP contribution in [0.3, 0.4) is 0 Å². The molecular weight excluding hydrogens is 376 g/mol. The van der Waals surface area contributed by atoms with Crippen LogP contribution in [0.1, 0.15) is 6.42 Å². The molecule has 0 unspecified atom stereocenters. The lowest BCUT2D eigenvalue weighted by Gasteiger charge is -2.32. The molecule has 2 saturated heterocycles. The molecule has 0 radical (unpaired) electrons. The first-order chi connectivity index (χ1) is 14.1. The van der Waals surface area contributed by atoms with Crippen molar-refractivity contribution in [3.63, 3.8) is 0 Å². The molecule has 10 nitrogen and oxygen atoms in total. The van der Waals surface area contributed by atoms with Crippen LogP contribution in [0.5, 0.6) is 11.5 Å². The number of benzene rings is 1. The highest BCUT2D eigenvalue weighted by atomic mass is 16.5. The number of hydrogen-bond acceptors (Lipinski definition) is 8. The lowest BCUT2D eigenvalue weighted by atomic mass is 10.2. The Morgan fingerprint density at radius 3 is 2.62 bits per heavy atom. The molecule has 2 aliphatic rings. The van der Waals surface area contributed by atoms with E-state index in [2.05, 4.69) is 9.97 Å². The zero-order valence-electron chi connectivity index (χ0n) is 16.5. The highest BCUT2D eigenvalue weighted by molar-refractivity contribution is 5.91. The van der Waals surface area contributed by atoms with Crippen molar-refractivity contribution in [3.05, 3.63) is 12.1 Å². The number of nitrogens with zero attached hydrogens (tertiary/aromatic N) is 5. The van der Waals surface area contributed by atoms with Crippen molar-refractivity contribution in [2.45, 2.75) is 6.42 Å². The van der Waals surface area contributed by atoms with Crippen molar-refractivity contribution in [2.24, 2.45) is 0 Å². The summed E-state index contributed by atoms with van der Waals surface area (Å²) in [5, 5.41) is 10.6. The van der Waals surface area contributed by atoms with Gasteiger partial charge in [-0.2, -0.15) is 4.98 Å². The molecule has 1 aromatic heterocycles. The van der Waals surface area contributed by atoms with Crippen LogP contribution in [0.25, 0.3) is 10.9 Å². The molecule has 2 fully saturated rings. The first-order valence-electron chi connectivity index (χ1n) is 9.77. The van der Waals surface area contributed by atoms with Gasteiger partial charge in [0.25, 0.3) is 0 Å². The SMILES string of the molecule is COc1cc2nc(N3CCCN(C(=O)N4CCOCC4)CC3)nc(N)c2cc1O. The number of urea groups is 1. The summed E-state index contributed by atoms with van der Waals surface area (Å²) >= 11 is 0. The van der Waals surface area contributed by atoms with E-state index in [-0.39, 0.29) is 11.8 Å². The predicted molar refractivity (Wildman–Crippen MR) is 108 cm³/mol. The number of nitrogens with two attached hydrogens (primary N) is 1. The van der Waals surface area contributed by atoms with E-state index in [0.29, 0.717) is 74.4 Å². The molecule has 0 bridgehead atoms. The molecule has 2 aliphatic heterocycles. The number of fused-ring (bicyclic) bond motifs is 1. The summed E-state index contributed by atoms with van der Waals surface area (Å²) in [4.78, 5) is 27.6. The van der Waals surface area contributed by atoms with Crippen LogP contribution in [0.4, 0.5) is 16.6 Å². The molecule has 156 valence electrons. The van der Waals surface area contributed by atoms with Crippen molar-refractivity contribution in [3.8, 4) is 11.5 Å². The number of carbonyl (C=O) groups excluding carboxylic acids is 1. The molecule has 0 saturated carbocycles. The summed E-state index contributed by atoms with van der Waals surface area (Å²) in [6, 6.07) is 3.23. The van der Waals surface area contributed by atoms with Crippen LogP contribution in [-0.2, 0) is 4.74 Å². The minimum absolute atomic E-state index is 0.00455. The minimum Gasteiger partial charge on any atom is -0.504 e. The topological polar surface area (TPSA) is 117 Å². The Balaban J connectivity index is 1.52. The Morgan fingerprint density at radius 2 is 1.86 bits per heavy atom. The van der Waals surface area contributed by atoms with Crippen LogP contribution >= 0.6 is 0 Å². The summed E-state index contributed by atoms with van der Waals surface area (Å²) in [6.45, 7) is 5.09. The van der Waals surface area contributed by atoms with Gasteiger partial charge in [0.1, 0.15) is 5.82 Å². The number of hydrogen-bond donors (Lipinski definition) is 2. The smallest absolute Gasteiger partial charge is 0.320 e. The van der Waals surface area contributed by atoms with Crippen LogP contribution in [0.15, 0.2) is 12.1 Å². The van der Waals surface area contributed by atoms with Crippen LogP contribution in [-0.4, -0.2) is 90.5 Å². The van der Waals surface area contributed by atoms with E-state index in [1.807, 2.05) is 14.7 Å². The molecule has 3 heterocycles.